The van der Waals surface area contributed by atoms with Crippen LogP contribution in [0.4, 0.5) is 5.82 Å². The quantitative estimate of drug-likeness (QED) is 0.787. The van der Waals surface area contributed by atoms with Crippen molar-refractivity contribution in [2.45, 2.75) is 25.4 Å². The van der Waals surface area contributed by atoms with Gasteiger partial charge in [-0.15, -0.1) is 6.58 Å². The van der Waals surface area contributed by atoms with Crippen molar-refractivity contribution in [1.82, 2.24) is 19.5 Å². The molecule has 1 saturated carbocycles. The number of nitrogens with one attached hydrogen (secondary N) is 1. The summed E-state index contributed by atoms with van der Waals surface area (Å²) in [6.07, 6.45) is 7.63. The topological polar surface area (TPSA) is 55.6 Å². The number of anilines is 1. The molecule has 1 N–H and O–H groups in total. The maximum atomic E-state index is 4.35. The molecule has 0 atom stereocenters. The molecule has 82 valence electrons. The first-order valence-corrected chi connectivity index (χ1v) is 5.42. The lowest BCUT2D eigenvalue weighted by Crippen LogP contribution is -2.04. The zero-order chi connectivity index (χ0) is 11.0. The smallest absolute Gasteiger partial charge is 0.165 e. The molecule has 1 aliphatic carbocycles. The van der Waals surface area contributed by atoms with Crippen molar-refractivity contribution >= 4 is 17.0 Å². The molecule has 2 heterocycles. The summed E-state index contributed by atoms with van der Waals surface area (Å²) >= 11 is 0. The van der Waals surface area contributed by atoms with Gasteiger partial charge >= 0.3 is 0 Å². The van der Waals surface area contributed by atoms with E-state index in [9.17, 15) is 0 Å². The third-order valence-electron chi connectivity index (χ3n) is 2.65. The lowest BCUT2D eigenvalue weighted by atomic mass is 10.4. The Morgan fingerprint density at radius 2 is 2.31 bits per heavy atom. The summed E-state index contributed by atoms with van der Waals surface area (Å²) in [4.78, 5) is 12.8. The van der Waals surface area contributed by atoms with Crippen molar-refractivity contribution in [1.29, 1.82) is 0 Å². The van der Waals surface area contributed by atoms with Gasteiger partial charge in [0.15, 0.2) is 11.5 Å². The minimum atomic E-state index is 0.572. The first kappa shape index (κ1) is 9.33. The number of rotatable bonds is 4. The monoisotopic (exact) mass is 215 g/mol. The van der Waals surface area contributed by atoms with E-state index in [-0.39, 0.29) is 0 Å². The van der Waals surface area contributed by atoms with Crippen LogP contribution < -0.4 is 5.32 Å². The van der Waals surface area contributed by atoms with E-state index >= 15 is 0 Å². The Hall–Kier alpha value is -1.91. The summed E-state index contributed by atoms with van der Waals surface area (Å²) in [5.74, 6) is 0.843. The molecule has 0 aromatic carbocycles. The van der Waals surface area contributed by atoms with Crippen LogP contribution in [0.5, 0.6) is 0 Å². The van der Waals surface area contributed by atoms with Gasteiger partial charge in [0.1, 0.15) is 11.8 Å². The standard InChI is InChI=1S/C11H13N5/c1-2-5-16-7-14-9-10(15-8-3-4-8)12-6-13-11(9)16/h2,6-8H,1,3-5H2,(H,12,13,15). The van der Waals surface area contributed by atoms with Crippen LogP contribution in [-0.2, 0) is 6.54 Å². The van der Waals surface area contributed by atoms with Crippen molar-refractivity contribution in [2.24, 2.45) is 0 Å². The van der Waals surface area contributed by atoms with Gasteiger partial charge in [0.25, 0.3) is 0 Å². The summed E-state index contributed by atoms with van der Waals surface area (Å²) < 4.78 is 1.96. The van der Waals surface area contributed by atoms with E-state index in [1.807, 2.05) is 10.6 Å². The number of allylic oxidation sites excluding steroid dienone is 1. The van der Waals surface area contributed by atoms with Gasteiger partial charge in [0.2, 0.25) is 0 Å². The summed E-state index contributed by atoms with van der Waals surface area (Å²) in [6, 6.07) is 0.572. The predicted octanol–water partition coefficient (Wildman–Crippen LogP) is 1.59. The molecule has 16 heavy (non-hydrogen) atoms. The average Bonchev–Trinajstić information content (AvgIpc) is 3.01. The van der Waals surface area contributed by atoms with Crippen molar-refractivity contribution in [3.05, 3.63) is 25.3 Å². The molecule has 2 aromatic rings. The highest BCUT2D eigenvalue weighted by Crippen LogP contribution is 2.26. The van der Waals surface area contributed by atoms with E-state index in [0.29, 0.717) is 6.04 Å². The number of nitrogens with zero attached hydrogens (tertiary/aromatic N) is 4. The number of imidazole rings is 1. The van der Waals surface area contributed by atoms with Crippen LogP contribution in [0, 0.1) is 0 Å². The molecule has 0 unspecified atom stereocenters. The van der Waals surface area contributed by atoms with Crippen LogP contribution in [0.1, 0.15) is 12.8 Å². The van der Waals surface area contributed by atoms with Gasteiger partial charge in [-0.3, -0.25) is 0 Å². The zero-order valence-electron chi connectivity index (χ0n) is 8.93. The molecule has 5 nitrogen and oxygen atoms in total. The second kappa shape index (κ2) is 3.59. The summed E-state index contributed by atoms with van der Waals surface area (Å²) in [5.41, 5.74) is 1.70. The summed E-state index contributed by atoms with van der Waals surface area (Å²) in [5, 5.41) is 3.36. The Kier molecular flexibility index (Phi) is 2.09. The van der Waals surface area contributed by atoms with Gasteiger partial charge in [-0.1, -0.05) is 6.08 Å². The summed E-state index contributed by atoms with van der Waals surface area (Å²) in [7, 11) is 0. The maximum absolute atomic E-state index is 4.35. The van der Waals surface area contributed by atoms with Crippen LogP contribution in [0.2, 0.25) is 0 Å². The molecular weight excluding hydrogens is 202 g/mol. The Bertz CT molecular complexity index is 526. The normalized spacial score (nSPS) is 15.2. The number of aromatic nitrogens is 4. The summed E-state index contributed by atoms with van der Waals surface area (Å²) in [6.45, 7) is 4.43. The fourth-order valence-electron chi connectivity index (χ4n) is 1.68. The SMILES string of the molecule is C=CCn1cnc2c(NC3CC3)ncnc21. The first-order chi connectivity index (χ1) is 7.88. The Morgan fingerprint density at radius 1 is 1.44 bits per heavy atom. The van der Waals surface area contributed by atoms with E-state index in [1.54, 1.807) is 12.7 Å². The van der Waals surface area contributed by atoms with Gasteiger partial charge in [-0.25, -0.2) is 15.0 Å². The molecule has 0 amide bonds. The minimum absolute atomic E-state index is 0.572. The molecule has 1 fully saturated rings. The van der Waals surface area contributed by atoms with Crippen LogP contribution in [0.15, 0.2) is 25.3 Å². The second-order valence-electron chi connectivity index (χ2n) is 4.00. The van der Waals surface area contributed by atoms with Crippen molar-refractivity contribution in [3.63, 3.8) is 0 Å². The molecular formula is C11H13N5. The van der Waals surface area contributed by atoms with Crippen LogP contribution in [0.3, 0.4) is 0 Å². The molecule has 0 spiro atoms. The minimum Gasteiger partial charge on any atom is -0.365 e. The van der Waals surface area contributed by atoms with Crippen molar-refractivity contribution in [3.8, 4) is 0 Å². The fourth-order valence-corrected chi connectivity index (χ4v) is 1.68. The third kappa shape index (κ3) is 1.54. The van der Waals surface area contributed by atoms with Gasteiger partial charge in [-0.05, 0) is 12.8 Å². The zero-order valence-corrected chi connectivity index (χ0v) is 8.93. The van der Waals surface area contributed by atoms with Gasteiger partial charge in [0, 0.05) is 12.6 Å². The van der Waals surface area contributed by atoms with Gasteiger partial charge < -0.3 is 9.88 Å². The molecule has 2 aromatic heterocycles. The molecule has 3 rings (SSSR count). The highest BCUT2D eigenvalue weighted by molar-refractivity contribution is 5.82. The lowest BCUT2D eigenvalue weighted by Gasteiger charge is -2.03. The van der Waals surface area contributed by atoms with Crippen molar-refractivity contribution in [2.75, 3.05) is 5.32 Å². The Balaban J connectivity index is 2.04. The van der Waals surface area contributed by atoms with E-state index < -0.39 is 0 Å². The van der Waals surface area contributed by atoms with E-state index in [2.05, 4.69) is 26.8 Å². The number of hydrogen-bond acceptors (Lipinski definition) is 4. The van der Waals surface area contributed by atoms with Gasteiger partial charge in [-0.2, -0.15) is 0 Å². The average molecular weight is 215 g/mol. The maximum Gasteiger partial charge on any atom is 0.165 e. The predicted molar refractivity (Wildman–Crippen MR) is 62.2 cm³/mol. The molecule has 1 aliphatic rings. The Labute approximate surface area is 93.2 Å². The highest BCUT2D eigenvalue weighted by Gasteiger charge is 2.23. The molecule has 0 saturated heterocycles. The largest absolute Gasteiger partial charge is 0.365 e. The van der Waals surface area contributed by atoms with E-state index in [4.69, 9.17) is 0 Å². The highest BCUT2D eigenvalue weighted by atomic mass is 15.1. The third-order valence-corrected chi connectivity index (χ3v) is 2.65. The lowest BCUT2D eigenvalue weighted by molar-refractivity contribution is 0.838. The molecule has 0 aliphatic heterocycles. The van der Waals surface area contributed by atoms with Crippen LogP contribution in [-0.4, -0.2) is 25.6 Å². The molecule has 5 heteroatoms. The Morgan fingerprint density at radius 3 is 3.06 bits per heavy atom. The molecule has 0 bridgehead atoms. The van der Waals surface area contributed by atoms with E-state index in [0.717, 1.165) is 23.5 Å². The van der Waals surface area contributed by atoms with E-state index in [1.165, 1.54) is 12.8 Å². The first-order valence-electron chi connectivity index (χ1n) is 5.42. The van der Waals surface area contributed by atoms with Crippen molar-refractivity contribution < 1.29 is 0 Å². The van der Waals surface area contributed by atoms with Crippen LogP contribution >= 0.6 is 0 Å². The second-order valence-corrected chi connectivity index (χ2v) is 4.00. The number of hydrogen-bond donors (Lipinski definition) is 1. The fraction of sp³-hybridized carbons (Fsp3) is 0.364. The number of fused-ring (bicyclic) bond motifs is 1. The van der Waals surface area contributed by atoms with Crippen LogP contribution in [0.25, 0.3) is 11.2 Å². The van der Waals surface area contributed by atoms with Gasteiger partial charge in [0.05, 0.1) is 6.33 Å². The molecule has 0 radical (unpaired) electrons.